The zero-order valence-electron chi connectivity index (χ0n) is 14.8. The fraction of sp³-hybridized carbons (Fsp3) is 0.300. The number of halogens is 1. The number of nitrogens with one attached hydrogen (secondary N) is 1. The van der Waals surface area contributed by atoms with Gasteiger partial charge in [-0.3, -0.25) is 4.79 Å². The minimum atomic E-state index is -0.823. The number of hydrogen-bond acceptors (Lipinski definition) is 4. The van der Waals surface area contributed by atoms with Gasteiger partial charge in [-0.15, -0.1) is 0 Å². The third kappa shape index (κ3) is 6.41. The van der Waals surface area contributed by atoms with Gasteiger partial charge in [0.1, 0.15) is 5.75 Å². The van der Waals surface area contributed by atoms with Crippen LogP contribution in [0, 0.1) is 6.92 Å². The summed E-state index contributed by atoms with van der Waals surface area (Å²) in [6.07, 6.45) is -0.0986. The average molecular weight is 376 g/mol. The van der Waals surface area contributed by atoms with Crippen LogP contribution in [0.15, 0.2) is 48.5 Å². The van der Waals surface area contributed by atoms with Crippen LogP contribution >= 0.6 is 11.6 Å². The van der Waals surface area contributed by atoms with E-state index in [9.17, 15) is 9.59 Å². The molecule has 0 saturated carbocycles. The smallest absolute Gasteiger partial charge is 0.347 e. The van der Waals surface area contributed by atoms with Gasteiger partial charge in [0.15, 0.2) is 12.7 Å². The molecule has 5 nitrogen and oxygen atoms in total. The zero-order chi connectivity index (χ0) is 18.9. The number of esters is 1. The van der Waals surface area contributed by atoms with Crippen LogP contribution in [-0.4, -0.2) is 31.1 Å². The Kier molecular flexibility index (Phi) is 7.48. The van der Waals surface area contributed by atoms with Crippen LogP contribution in [0.3, 0.4) is 0 Å². The minimum absolute atomic E-state index is 0.332. The predicted octanol–water partition coefficient (Wildman–Crippen LogP) is 3.32. The van der Waals surface area contributed by atoms with E-state index >= 15 is 0 Å². The summed E-state index contributed by atoms with van der Waals surface area (Å²) in [7, 11) is 0. The van der Waals surface area contributed by atoms with Gasteiger partial charge in [0.2, 0.25) is 0 Å². The van der Waals surface area contributed by atoms with Gasteiger partial charge >= 0.3 is 5.97 Å². The maximum absolute atomic E-state index is 11.9. The molecule has 2 rings (SSSR count). The lowest BCUT2D eigenvalue weighted by Gasteiger charge is -2.14. The van der Waals surface area contributed by atoms with Crippen molar-refractivity contribution < 1.29 is 19.1 Å². The van der Waals surface area contributed by atoms with Crippen LogP contribution in [0.4, 0.5) is 0 Å². The number of aryl methyl sites for hydroxylation is 1. The number of hydrogen-bond donors (Lipinski definition) is 1. The van der Waals surface area contributed by atoms with Gasteiger partial charge in [0.05, 0.1) is 0 Å². The van der Waals surface area contributed by atoms with Crippen molar-refractivity contribution in [3.63, 3.8) is 0 Å². The van der Waals surface area contributed by atoms with E-state index in [1.807, 2.05) is 31.2 Å². The molecule has 0 fully saturated rings. The molecule has 0 spiro atoms. The summed E-state index contributed by atoms with van der Waals surface area (Å²) < 4.78 is 10.4. The summed E-state index contributed by atoms with van der Waals surface area (Å²) in [4.78, 5) is 23.7. The molecule has 0 unspecified atom stereocenters. The first kappa shape index (κ1) is 19.8. The highest BCUT2D eigenvalue weighted by molar-refractivity contribution is 6.30. The van der Waals surface area contributed by atoms with Crippen LogP contribution in [0.2, 0.25) is 5.02 Å². The van der Waals surface area contributed by atoms with E-state index in [2.05, 4.69) is 5.32 Å². The number of rotatable bonds is 8. The highest BCUT2D eigenvalue weighted by atomic mass is 35.5. The molecule has 0 saturated heterocycles. The number of benzene rings is 2. The Morgan fingerprint density at radius 2 is 1.81 bits per heavy atom. The Bertz CT molecular complexity index is 746. The second-order valence-electron chi connectivity index (χ2n) is 5.85. The second-order valence-corrected chi connectivity index (χ2v) is 6.28. The molecule has 0 aromatic heterocycles. The van der Waals surface area contributed by atoms with Crippen LogP contribution in [0.1, 0.15) is 18.1 Å². The van der Waals surface area contributed by atoms with Crippen LogP contribution in [0.25, 0.3) is 0 Å². The summed E-state index contributed by atoms with van der Waals surface area (Å²) >= 11 is 5.79. The van der Waals surface area contributed by atoms with Gasteiger partial charge in [-0.1, -0.05) is 35.9 Å². The molecule has 0 aliphatic carbocycles. The number of carbonyl (C=O) groups is 2. The van der Waals surface area contributed by atoms with Crippen molar-refractivity contribution in [2.45, 2.75) is 26.4 Å². The monoisotopic (exact) mass is 375 g/mol. The Labute approximate surface area is 158 Å². The van der Waals surface area contributed by atoms with E-state index in [-0.39, 0.29) is 12.5 Å². The molecule has 2 aromatic carbocycles. The molecule has 6 heteroatoms. The molecule has 0 aliphatic heterocycles. The van der Waals surface area contributed by atoms with E-state index in [0.29, 0.717) is 17.3 Å². The first-order valence-corrected chi connectivity index (χ1v) is 8.73. The second kappa shape index (κ2) is 9.82. The topological polar surface area (TPSA) is 64.6 Å². The van der Waals surface area contributed by atoms with E-state index in [1.54, 1.807) is 31.2 Å². The molecule has 2 aromatic rings. The molecular weight excluding hydrogens is 354 g/mol. The van der Waals surface area contributed by atoms with Gasteiger partial charge in [0, 0.05) is 11.6 Å². The Hall–Kier alpha value is -2.53. The number of amides is 1. The molecule has 0 heterocycles. The van der Waals surface area contributed by atoms with Gasteiger partial charge in [-0.25, -0.2) is 4.79 Å². The lowest BCUT2D eigenvalue weighted by molar-refractivity contribution is -0.154. The number of carbonyl (C=O) groups excluding carboxylic acids is 2. The Morgan fingerprint density at radius 1 is 1.12 bits per heavy atom. The Morgan fingerprint density at radius 3 is 2.50 bits per heavy atom. The van der Waals surface area contributed by atoms with Gasteiger partial charge in [0.25, 0.3) is 5.91 Å². The maximum atomic E-state index is 11.9. The highest BCUT2D eigenvalue weighted by Crippen LogP contribution is 2.17. The molecule has 1 atom stereocenters. The fourth-order valence-corrected chi connectivity index (χ4v) is 2.42. The van der Waals surface area contributed by atoms with Gasteiger partial charge < -0.3 is 14.8 Å². The maximum Gasteiger partial charge on any atom is 0.347 e. The normalized spacial score (nSPS) is 11.5. The molecular formula is C20H22ClNO4. The summed E-state index contributed by atoms with van der Waals surface area (Å²) in [5.74, 6) is -0.443. The third-order valence-corrected chi connectivity index (χ3v) is 4.03. The minimum Gasteiger partial charge on any atom is -0.479 e. The zero-order valence-corrected chi connectivity index (χ0v) is 15.6. The molecule has 0 aliphatic rings. The number of ether oxygens (including phenoxy) is 2. The summed E-state index contributed by atoms with van der Waals surface area (Å²) in [5, 5.41) is 3.32. The molecule has 0 bridgehead atoms. The summed E-state index contributed by atoms with van der Waals surface area (Å²) in [6, 6.07) is 14.6. The van der Waals surface area contributed by atoms with Crippen molar-refractivity contribution in [2.75, 3.05) is 13.2 Å². The summed E-state index contributed by atoms with van der Waals surface area (Å²) in [6.45, 7) is 3.74. The molecule has 1 amide bonds. The van der Waals surface area contributed by atoms with Crippen molar-refractivity contribution in [1.29, 1.82) is 0 Å². The average Bonchev–Trinajstić information content (AvgIpc) is 2.63. The standard InChI is InChI=1S/C20H22ClNO4/c1-14-5-3-4-6-16(14)11-12-22-19(23)13-25-20(24)15(2)26-18-9-7-17(21)8-10-18/h3-10,15H,11-13H2,1-2H3,(H,22,23)/t15-/m0/s1. The summed E-state index contributed by atoms with van der Waals surface area (Å²) in [5.41, 5.74) is 2.36. The fourth-order valence-electron chi connectivity index (χ4n) is 2.30. The van der Waals surface area contributed by atoms with Crippen LogP contribution in [-0.2, 0) is 20.7 Å². The molecule has 138 valence electrons. The molecule has 0 radical (unpaired) electrons. The van der Waals surface area contributed by atoms with E-state index in [1.165, 1.54) is 11.1 Å². The lowest BCUT2D eigenvalue weighted by atomic mass is 10.1. The van der Waals surface area contributed by atoms with E-state index in [4.69, 9.17) is 21.1 Å². The van der Waals surface area contributed by atoms with Crippen LogP contribution in [0.5, 0.6) is 5.75 Å². The van der Waals surface area contributed by atoms with E-state index < -0.39 is 12.1 Å². The van der Waals surface area contributed by atoms with E-state index in [0.717, 1.165) is 6.42 Å². The van der Waals surface area contributed by atoms with Crippen molar-refractivity contribution in [3.05, 3.63) is 64.7 Å². The lowest BCUT2D eigenvalue weighted by Crippen LogP contribution is -2.33. The van der Waals surface area contributed by atoms with Crippen molar-refractivity contribution in [2.24, 2.45) is 0 Å². The highest BCUT2D eigenvalue weighted by Gasteiger charge is 2.17. The Balaban J connectivity index is 1.68. The van der Waals surface area contributed by atoms with Crippen molar-refractivity contribution in [1.82, 2.24) is 5.32 Å². The van der Waals surface area contributed by atoms with Crippen molar-refractivity contribution in [3.8, 4) is 5.75 Å². The molecule has 26 heavy (non-hydrogen) atoms. The first-order valence-electron chi connectivity index (χ1n) is 8.36. The van der Waals surface area contributed by atoms with Gasteiger partial charge in [-0.05, 0) is 55.7 Å². The predicted molar refractivity (Wildman–Crippen MR) is 100 cm³/mol. The van der Waals surface area contributed by atoms with Crippen LogP contribution < -0.4 is 10.1 Å². The third-order valence-electron chi connectivity index (χ3n) is 3.78. The quantitative estimate of drug-likeness (QED) is 0.719. The first-order chi connectivity index (χ1) is 12.5. The largest absolute Gasteiger partial charge is 0.479 e. The molecule has 1 N–H and O–H groups in total. The SMILES string of the molecule is Cc1ccccc1CCNC(=O)COC(=O)[C@H](C)Oc1ccc(Cl)cc1. The van der Waals surface area contributed by atoms with Crippen molar-refractivity contribution >= 4 is 23.5 Å². The van der Waals surface area contributed by atoms with Gasteiger partial charge in [-0.2, -0.15) is 0 Å².